The molecule has 2 atom stereocenters. The molecule has 2 aromatic rings. The molecule has 0 amide bonds. The van der Waals surface area contributed by atoms with Crippen LogP contribution in [0.15, 0.2) is 30.6 Å². The Kier molecular flexibility index (Phi) is 7.26. The molecular weight excluding hydrogens is 457 g/mol. The van der Waals surface area contributed by atoms with Crippen LogP contribution in [0.2, 0.25) is 10.0 Å². The summed E-state index contributed by atoms with van der Waals surface area (Å²) in [5, 5.41) is 4.72. The average molecular weight is 490 g/mol. The fraction of sp³-hybridized carbons (Fsp3) is 0.600. The molecule has 1 N–H and O–H groups in total. The summed E-state index contributed by atoms with van der Waals surface area (Å²) in [5.74, 6) is 3.25. The van der Waals surface area contributed by atoms with Gasteiger partial charge in [-0.05, 0) is 68.7 Å². The maximum atomic E-state index is 6.38. The van der Waals surface area contributed by atoms with Gasteiger partial charge in [-0.1, -0.05) is 29.3 Å². The molecule has 0 saturated carbocycles. The largest absolute Gasteiger partial charge is 0.381 e. The Hall–Kier alpha value is -1.60. The van der Waals surface area contributed by atoms with Gasteiger partial charge in [-0.3, -0.25) is 9.88 Å². The van der Waals surface area contributed by atoms with E-state index in [0.29, 0.717) is 10.0 Å². The van der Waals surface area contributed by atoms with E-state index in [2.05, 4.69) is 27.0 Å². The molecular formula is C25H33Cl2N5O. The third kappa shape index (κ3) is 5.40. The molecule has 33 heavy (non-hydrogen) atoms. The minimum absolute atomic E-state index is 0.00173. The molecule has 1 aromatic heterocycles. The van der Waals surface area contributed by atoms with Gasteiger partial charge >= 0.3 is 0 Å². The zero-order chi connectivity index (χ0) is 22.8. The zero-order valence-electron chi connectivity index (χ0n) is 19.2. The number of ether oxygens (including phenoxy) is 1. The fourth-order valence-electron chi connectivity index (χ4n) is 5.53. The van der Waals surface area contributed by atoms with Crippen molar-refractivity contribution >= 4 is 34.8 Å². The highest BCUT2D eigenvalue weighted by Crippen LogP contribution is 2.35. The number of hydrogen-bond donors (Lipinski definition) is 1. The molecule has 0 unspecified atom stereocenters. The van der Waals surface area contributed by atoms with E-state index in [-0.39, 0.29) is 6.04 Å². The first-order valence-corrected chi connectivity index (χ1v) is 12.9. The monoisotopic (exact) mass is 489 g/mol. The van der Waals surface area contributed by atoms with Gasteiger partial charge in [0.15, 0.2) is 0 Å². The lowest BCUT2D eigenvalue weighted by atomic mass is 9.80. The van der Waals surface area contributed by atoms with Gasteiger partial charge in [0.25, 0.3) is 0 Å². The molecule has 3 saturated heterocycles. The smallest absolute Gasteiger partial charge is 0.149 e. The fourth-order valence-corrected chi connectivity index (χ4v) is 6.11. The third-order valence-corrected chi connectivity index (χ3v) is 8.07. The minimum atomic E-state index is 0.00173. The van der Waals surface area contributed by atoms with Crippen LogP contribution < -0.4 is 10.2 Å². The van der Waals surface area contributed by atoms with Crippen LogP contribution >= 0.6 is 23.2 Å². The number of likely N-dealkylation sites (tertiary alicyclic amines) is 1. The van der Waals surface area contributed by atoms with Crippen molar-refractivity contribution < 1.29 is 4.74 Å². The Morgan fingerprint density at radius 1 is 1.06 bits per heavy atom. The summed E-state index contributed by atoms with van der Waals surface area (Å²) < 4.78 is 5.57. The first-order valence-electron chi connectivity index (χ1n) is 12.2. The minimum Gasteiger partial charge on any atom is -0.381 e. The lowest BCUT2D eigenvalue weighted by Crippen LogP contribution is -2.55. The van der Waals surface area contributed by atoms with Gasteiger partial charge in [0.05, 0.1) is 18.4 Å². The Morgan fingerprint density at radius 3 is 2.67 bits per heavy atom. The van der Waals surface area contributed by atoms with Crippen LogP contribution in [-0.4, -0.2) is 60.3 Å². The molecule has 0 radical (unpaired) electrons. The summed E-state index contributed by atoms with van der Waals surface area (Å²) in [6.45, 7) is 8.56. The third-order valence-electron chi connectivity index (χ3n) is 7.51. The predicted molar refractivity (Wildman–Crippen MR) is 134 cm³/mol. The summed E-state index contributed by atoms with van der Waals surface area (Å²) in [5.41, 5.74) is 0.990. The molecule has 0 spiro atoms. The summed E-state index contributed by atoms with van der Waals surface area (Å²) in [6.07, 6.45) is 8.70. The molecule has 5 rings (SSSR count). The maximum Gasteiger partial charge on any atom is 0.149 e. The molecule has 0 bridgehead atoms. The van der Waals surface area contributed by atoms with Gasteiger partial charge in [-0.2, -0.15) is 0 Å². The van der Waals surface area contributed by atoms with Gasteiger partial charge in [-0.25, -0.2) is 4.98 Å². The highest BCUT2D eigenvalue weighted by Gasteiger charge is 2.38. The number of hydrogen-bond acceptors (Lipinski definition) is 6. The van der Waals surface area contributed by atoms with Crippen LogP contribution in [0.1, 0.15) is 44.2 Å². The molecule has 178 valence electrons. The number of nitrogens with zero attached hydrogens (tertiary/aromatic N) is 4. The van der Waals surface area contributed by atoms with Crippen molar-refractivity contribution in [3.8, 4) is 0 Å². The van der Waals surface area contributed by atoms with Crippen LogP contribution in [0.5, 0.6) is 0 Å². The van der Waals surface area contributed by atoms with Gasteiger partial charge in [0, 0.05) is 48.9 Å². The van der Waals surface area contributed by atoms with E-state index in [0.717, 1.165) is 61.4 Å². The number of piperidine rings is 1. The molecule has 3 aliphatic heterocycles. The van der Waals surface area contributed by atoms with Crippen LogP contribution in [0.4, 0.5) is 11.6 Å². The van der Waals surface area contributed by atoms with Crippen LogP contribution in [-0.2, 0) is 4.74 Å². The molecule has 3 aliphatic rings. The van der Waals surface area contributed by atoms with Crippen molar-refractivity contribution in [1.82, 2.24) is 14.9 Å². The average Bonchev–Trinajstić information content (AvgIpc) is 2.79. The van der Waals surface area contributed by atoms with Gasteiger partial charge < -0.3 is 15.0 Å². The number of nitrogens with one attached hydrogen (secondary N) is 1. The van der Waals surface area contributed by atoms with Crippen molar-refractivity contribution in [3.63, 3.8) is 0 Å². The quantitative estimate of drug-likeness (QED) is 0.595. The van der Waals surface area contributed by atoms with E-state index < -0.39 is 0 Å². The Morgan fingerprint density at radius 2 is 1.88 bits per heavy atom. The summed E-state index contributed by atoms with van der Waals surface area (Å²) in [4.78, 5) is 14.4. The van der Waals surface area contributed by atoms with Crippen molar-refractivity contribution in [2.75, 3.05) is 49.6 Å². The van der Waals surface area contributed by atoms with E-state index in [1.807, 2.05) is 18.3 Å². The normalized spacial score (nSPS) is 23.8. The van der Waals surface area contributed by atoms with E-state index in [1.54, 1.807) is 12.3 Å². The lowest BCUT2D eigenvalue weighted by molar-refractivity contribution is 0.00872. The van der Waals surface area contributed by atoms with Crippen molar-refractivity contribution in [1.29, 1.82) is 0 Å². The van der Waals surface area contributed by atoms with Gasteiger partial charge in [-0.15, -0.1) is 0 Å². The molecule has 0 aliphatic carbocycles. The first-order chi connectivity index (χ1) is 16.1. The topological polar surface area (TPSA) is 53.5 Å². The van der Waals surface area contributed by atoms with Crippen LogP contribution in [0.3, 0.4) is 0 Å². The van der Waals surface area contributed by atoms with Crippen LogP contribution in [0, 0.1) is 11.8 Å². The highest BCUT2D eigenvalue weighted by atomic mass is 35.5. The number of benzene rings is 1. The summed E-state index contributed by atoms with van der Waals surface area (Å²) in [7, 11) is 0. The maximum absolute atomic E-state index is 6.38. The molecule has 4 heterocycles. The van der Waals surface area contributed by atoms with E-state index in [1.165, 1.54) is 38.8 Å². The zero-order valence-corrected chi connectivity index (χ0v) is 20.7. The van der Waals surface area contributed by atoms with Gasteiger partial charge in [0.2, 0.25) is 0 Å². The standard InChI is InChI=1S/C25H33Cl2N5O/c1-17(22-5-4-20(26)11-23(22)27)29-24-12-28-13-25(30-24)32-15-19(16-32)18-3-2-8-31(14-18)21-6-9-33-10-7-21/h4-5,11-13,17-19,21H,2-3,6-10,14-16H2,1H3,(H,29,30)/t17-,18+/m1/s1. The van der Waals surface area contributed by atoms with E-state index in [9.17, 15) is 0 Å². The summed E-state index contributed by atoms with van der Waals surface area (Å²) >= 11 is 12.4. The molecule has 6 nitrogen and oxygen atoms in total. The van der Waals surface area contributed by atoms with Crippen molar-refractivity contribution in [3.05, 3.63) is 46.2 Å². The number of anilines is 2. The second-order valence-corrected chi connectivity index (χ2v) is 10.5. The Balaban J connectivity index is 1.16. The summed E-state index contributed by atoms with van der Waals surface area (Å²) in [6, 6.07) is 6.31. The second kappa shape index (κ2) is 10.3. The Labute approximate surface area is 206 Å². The lowest BCUT2D eigenvalue weighted by Gasteiger charge is -2.48. The Bertz CT molecular complexity index is 948. The molecule has 3 fully saturated rings. The molecule has 8 heteroatoms. The van der Waals surface area contributed by atoms with Crippen LogP contribution in [0.25, 0.3) is 0 Å². The SMILES string of the molecule is C[C@@H](Nc1cncc(N2CC([C@H]3CCCN(C4CCOCC4)C3)C2)n1)c1ccc(Cl)cc1Cl. The van der Waals surface area contributed by atoms with Gasteiger partial charge in [0.1, 0.15) is 11.6 Å². The number of rotatable bonds is 6. The van der Waals surface area contributed by atoms with Crippen molar-refractivity contribution in [2.24, 2.45) is 11.8 Å². The van der Waals surface area contributed by atoms with E-state index >= 15 is 0 Å². The second-order valence-electron chi connectivity index (χ2n) is 9.70. The number of aromatic nitrogens is 2. The number of halogens is 2. The van der Waals surface area contributed by atoms with Crippen molar-refractivity contribution in [2.45, 2.75) is 44.7 Å². The molecule has 1 aromatic carbocycles. The predicted octanol–water partition coefficient (Wildman–Crippen LogP) is 5.28. The highest BCUT2D eigenvalue weighted by molar-refractivity contribution is 6.35. The van der Waals surface area contributed by atoms with E-state index in [4.69, 9.17) is 32.9 Å². The first kappa shape index (κ1) is 23.2.